The molecule has 0 aliphatic heterocycles. The van der Waals surface area contributed by atoms with Gasteiger partial charge in [0.25, 0.3) is 6.33 Å². The van der Waals surface area contributed by atoms with Crippen molar-refractivity contribution in [2.24, 2.45) is 0 Å². The zero-order valence-corrected chi connectivity index (χ0v) is 47.5. The van der Waals surface area contributed by atoms with Crippen LogP contribution in [-0.4, -0.2) is 14.1 Å². The van der Waals surface area contributed by atoms with Crippen LogP contribution in [0.3, 0.4) is 0 Å². The van der Waals surface area contributed by atoms with E-state index in [2.05, 4.69) is 292 Å². The van der Waals surface area contributed by atoms with Gasteiger partial charge in [-0.1, -0.05) is 216 Å². The van der Waals surface area contributed by atoms with Crippen molar-refractivity contribution in [2.75, 3.05) is 0 Å². The Morgan fingerprint density at radius 2 is 1.08 bits per heavy atom. The maximum Gasteiger partial charge on any atom is 0.267 e. The molecule has 0 aliphatic rings. The number of aromatic nitrogens is 4. The van der Waals surface area contributed by atoms with E-state index in [-0.39, 0.29) is 42.7 Å². The summed E-state index contributed by atoms with van der Waals surface area (Å²) in [4.78, 5) is 5.00. The molecular formula is C68H68N4OPt-2. The summed E-state index contributed by atoms with van der Waals surface area (Å²) in [5, 5.41) is 2.31. The van der Waals surface area contributed by atoms with Crippen molar-refractivity contribution in [1.29, 1.82) is 0 Å². The number of ether oxygens (including phenoxy) is 1. The van der Waals surface area contributed by atoms with Gasteiger partial charge in [0.1, 0.15) is 5.82 Å². The van der Waals surface area contributed by atoms with Gasteiger partial charge in [0.15, 0.2) is 0 Å². The van der Waals surface area contributed by atoms with E-state index in [0.29, 0.717) is 11.5 Å². The molecule has 0 saturated heterocycles. The van der Waals surface area contributed by atoms with Crippen molar-refractivity contribution >= 4 is 21.8 Å². The van der Waals surface area contributed by atoms with Gasteiger partial charge in [0.05, 0.1) is 11.4 Å². The van der Waals surface area contributed by atoms with Crippen LogP contribution < -0.4 is 9.30 Å². The quantitative estimate of drug-likeness (QED) is 0.101. The first-order valence-electron chi connectivity index (χ1n) is 25.7. The first-order valence-corrected chi connectivity index (χ1v) is 25.7. The third-order valence-electron chi connectivity index (χ3n) is 14.8. The number of nitrogens with zero attached hydrogens (tertiary/aromatic N) is 4. The molecule has 0 bridgehead atoms. The topological polar surface area (TPSA) is 35.9 Å². The summed E-state index contributed by atoms with van der Waals surface area (Å²) in [7, 11) is 0. The van der Waals surface area contributed by atoms with Crippen LogP contribution in [0.2, 0.25) is 0 Å². The van der Waals surface area contributed by atoms with Crippen molar-refractivity contribution in [1.82, 2.24) is 14.1 Å². The van der Waals surface area contributed by atoms with Gasteiger partial charge in [-0.05, 0) is 96.4 Å². The second-order valence-corrected chi connectivity index (χ2v) is 23.9. The van der Waals surface area contributed by atoms with E-state index in [1.54, 1.807) is 0 Å². The maximum atomic E-state index is 7.22. The first-order chi connectivity index (χ1) is 34.6. The standard InChI is InChI=1S/C68H68N4O.Pt/c1-64(2,3)50-33-34-69-62(40-50)72-59-32-24-23-31-57(59)63-58(65(4,5)6)42-56(43-60(63)72)73-55-39-52(68(12,13)49-29-21-16-22-30-49)38-54(41-55)71-45-70(44-61(71)66(7,8)9)53-36-47(46-25-17-14-18-26-46)35-51(37-53)67(10,11)48-27-19-15-20-28-48;/h14-40,42,44H,1-13H3;/q-2;. The summed E-state index contributed by atoms with van der Waals surface area (Å²) in [6.07, 6.45) is 8.03. The third-order valence-corrected chi connectivity index (χ3v) is 14.8. The Kier molecular flexibility index (Phi) is 13.7. The fourth-order valence-electron chi connectivity index (χ4n) is 10.2. The summed E-state index contributed by atoms with van der Waals surface area (Å²) in [6, 6.07) is 66.4. The molecular weight excluding hydrogens is 1080 g/mol. The Balaban J connectivity index is 0.00000672. The van der Waals surface area contributed by atoms with E-state index in [9.17, 15) is 0 Å². The molecule has 0 radical (unpaired) electrons. The van der Waals surface area contributed by atoms with Gasteiger partial charge in [-0.15, -0.1) is 35.4 Å². The van der Waals surface area contributed by atoms with Gasteiger partial charge >= 0.3 is 0 Å². The fraction of sp³-hybridized carbons (Fsp3) is 0.265. The van der Waals surface area contributed by atoms with Crippen LogP contribution in [0.15, 0.2) is 176 Å². The zero-order chi connectivity index (χ0) is 51.7. The van der Waals surface area contributed by atoms with E-state index < -0.39 is 5.41 Å². The number of hydrogen-bond donors (Lipinski definition) is 0. The monoisotopic (exact) mass is 1150 g/mol. The van der Waals surface area contributed by atoms with Gasteiger partial charge in [-0.25, -0.2) is 4.98 Å². The number of hydrogen-bond acceptors (Lipinski definition) is 2. The molecule has 10 rings (SSSR count). The molecule has 5 nitrogen and oxygen atoms in total. The number of benzene rings is 7. The molecule has 74 heavy (non-hydrogen) atoms. The second-order valence-electron chi connectivity index (χ2n) is 23.9. The molecule has 0 fully saturated rings. The molecule has 10 aromatic rings. The van der Waals surface area contributed by atoms with E-state index >= 15 is 0 Å². The number of imidazole rings is 1. The average molecular weight is 1150 g/mol. The summed E-state index contributed by atoms with van der Waals surface area (Å²) in [5.41, 5.74) is 13.1. The molecule has 378 valence electrons. The number of rotatable bonds is 10. The number of pyridine rings is 1. The smallest absolute Gasteiger partial charge is 0.267 e. The SMILES string of the molecule is CC(C)(C)c1ccnc(-n2c3[c-]c(Oc4[c-]c(-n5[c-][n+](-c6cc(-c7ccccc7)cc(C(C)(C)c7ccccc7)c6)cc5C(C)(C)C)cc(C(C)(C)c5ccccc5)c4)cc(C(C)(C)C)c3c3ccccc32)c1.[Pt]. The van der Waals surface area contributed by atoms with Crippen LogP contribution in [-0.2, 0) is 48.1 Å². The molecule has 0 unspecified atom stereocenters. The minimum Gasteiger partial charge on any atom is -0.510 e. The molecule has 6 heteroatoms. The Morgan fingerprint density at radius 3 is 1.69 bits per heavy atom. The summed E-state index contributed by atoms with van der Waals surface area (Å²) in [5.74, 6) is 2.05. The van der Waals surface area contributed by atoms with Crippen molar-refractivity contribution in [3.63, 3.8) is 0 Å². The number of para-hydroxylation sites is 1. The number of fused-ring (bicyclic) bond motifs is 3. The molecule has 0 atom stereocenters. The molecule has 0 amide bonds. The average Bonchev–Trinajstić information content (AvgIpc) is 3.98. The Morgan fingerprint density at radius 1 is 0.500 bits per heavy atom. The second kappa shape index (κ2) is 19.5. The summed E-state index contributed by atoms with van der Waals surface area (Å²) < 4.78 is 13.8. The van der Waals surface area contributed by atoms with Crippen LogP contribution in [0.1, 0.15) is 129 Å². The normalized spacial score (nSPS) is 12.6. The Labute approximate surface area is 454 Å². The first kappa shape index (κ1) is 52.1. The van der Waals surface area contributed by atoms with Gasteiger partial charge in [0.2, 0.25) is 0 Å². The molecule has 0 spiro atoms. The van der Waals surface area contributed by atoms with Gasteiger partial charge in [-0.3, -0.25) is 4.57 Å². The predicted octanol–water partition coefficient (Wildman–Crippen LogP) is 16.6. The zero-order valence-electron chi connectivity index (χ0n) is 45.3. The third kappa shape index (κ3) is 9.96. The summed E-state index contributed by atoms with van der Waals surface area (Å²) >= 11 is 0. The van der Waals surface area contributed by atoms with Crippen LogP contribution in [0.5, 0.6) is 11.5 Å². The Hall–Kier alpha value is -6.81. The minimum absolute atomic E-state index is 0. The molecule has 7 aromatic carbocycles. The van der Waals surface area contributed by atoms with Gasteiger partial charge in [0, 0.05) is 55.9 Å². The van der Waals surface area contributed by atoms with Crippen LogP contribution in [0, 0.1) is 18.5 Å². The van der Waals surface area contributed by atoms with Crippen molar-refractivity contribution in [3.05, 3.63) is 234 Å². The van der Waals surface area contributed by atoms with Gasteiger partial charge in [-0.2, -0.15) is 6.07 Å². The van der Waals surface area contributed by atoms with E-state index in [0.717, 1.165) is 61.4 Å². The van der Waals surface area contributed by atoms with Crippen LogP contribution >= 0.6 is 0 Å². The molecule has 3 aromatic heterocycles. The fourth-order valence-corrected chi connectivity index (χ4v) is 10.2. The predicted molar refractivity (Wildman–Crippen MR) is 301 cm³/mol. The molecule has 0 aliphatic carbocycles. The van der Waals surface area contributed by atoms with E-state index in [4.69, 9.17) is 9.72 Å². The summed E-state index contributed by atoms with van der Waals surface area (Å²) in [6.45, 7) is 29.5. The van der Waals surface area contributed by atoms with E-state index in [1.807, 2.05) is 6.20 Å². The van der Waals surface area contributed by atoms with Crippen molar-refractivity contribution in [3.8, 4) is 39.8 Å². The van der Waals surface area contributed by atoms with Crippen LogP contribution in [0.25, 0.3) is 50.1 Å². The van der Waals surface area contributed by atoms with Gasteiger partial charge < -0.3 is 13.9 Å². The van der Waals surface area contributed by atoms with E-state index in [1.165, 1.54) is 27.8 Å². The molecule has 0 N–H and O–H groups in total. The van der Waals surface area contributed by atoms with Crippen molar-refractivity contribution < 1.29 is 30.4 Å². The van der Waals surface area contributed by atoms with Crippen LogP contribution in [0.4, 0.5) is 0 Å². The minimum atomic E-state index is -0.406. The maximum absolute atomic E-state index is 7.22. The largest absolute Gasteiger partial charge is 0.510 e. The Bertz CT molecular complexity index is 3640. The molecule has 3 heterocycles. The molecule has 0 saturated carbocycles. The van der Waals surface area contributed by atoms with Crippen molar-refractivity contribution in [2.45, 2.75) is 117 Å².